The summed E-state index contributed by atoms with van der Waals surface area (Å²) in [5, 5.41) is 0. The van der Waals surface area contributed by atoms with Crippen LogP contribution in [0, 0.1) is 79.8 Å². The Morgan fingerprint density at radius 1 is 0.521 bits per heavy atom. The molecule has 9 aliphatic rings. The van der Waals surface area contributed by atoms with Gasteiger partial charge in [-0.25, -0.2) is 4.79 Å². The Hall–Kier alpha value is -4.97. The molecule has 9 fully saturated rings. The molecule has 0 N–H and O–H groups in total. The summed E-state index contributed by atoms with van der Waals surface area (Å²) in [4.78, 5) is 101. The standard InChI is InChI=1S/C13H22O5.C12H22O2.C9H12O2.C8H10O2.3C8H16O2.C4H6O2.3C2H6.CH4/c1-7-11(2,3)9(14)16-8-13(6)12(4,5)17-10(15)18-13;1-8(2)12(7)9(13)14-11(5,6)10(12,3)4;10-9-8-6-2-1-5(3-6)7(8)4-11-9;9-8-6-2-4-1-5(6)7(3-4)10-8;3*1-5-8(3,4)7(9)10-6-2;5-4-2-1-3-6-4;3*1-2;/h7-8H2,1-6H3;8H,1-7H3;5-8H,1-4H2;4-7H,1-3H2;3*5-6H2,1-4H3;1-3H2;3*1-2H3;1H4. The van der Waals surface area contributed by atoms with Gasteiger partial charge < -0.3 is 47.4 Å². The average molecular weight is 1370 g/mol. The minimum Gasteiger partial charge on any atom is -0.466 e. The summed E-state index contributed by atoms with van der Waals surface area (Å²) in [6, 6.07) is 0. The maximum Gasteiger partial charge on any atom is 0.509 e. The quantitative estimate of drug-likeness (QED) is 0.116. The van der Waals surface area contributed by atoms with Gasteiger partial charge in [0.1, 0.15) is 18.3 Å². The highest BCUT2D eigenvalue weighted by Gasteiger charge is 2.65. The Kier molecular flexibility index (Phi) is 41.2. The fraction of sp³-hybridized carbons (Fsp3) is 0.883. The first-order valence-electron chi connectivity index (χ1n) is 36.2. The second-order valence-electron chi connectivity index (χ2n) is 30.1. The number of carbonyl (C=O) groups is 9. The summed E-state index contributed by atoms with van der Waals surface area (Å²) in [5.41, 5.74) is -4.12. The number of esters is 8. The lowest BCUT2D eigenvalue weighted by molar-refractivity contribution is -0.163. The third-order valence-electron chi connectivity index (χ3n) is 21.6. The molecule has 0 aromatic heterocycles. The number of hydrogen-bond donors (Lipinski definition) is 0. The second kappa shape index (κ2) is 41.6. The van der Waals surface area contributed by atoms with E-state index >= 15 is 0 Å². The van der Waals surface area contributed by atoms with Crippen LogP contribution in [0.3, 0.4) is 0 Å². The molecule has 564 valence electrons. The third-order valence-corrected chi connectivity index (χ3v) is 21.6. The summed E-state index contributed by atoms with van der Waals surface area (Å²) in [6.07, 6.45) is 11.8. The predicted octanol–water partition coefficient (Wildman–Crippen LogP) is 17.8. The van der Waals surface area contributed by atoms with Gasteiger partial charge >= 0.3 is 53.9 Å². The minimum absolute atomic E-state index is 0. The monoisotopic (exact) mass is 1370 g/mol. The van der Waals surface area contributed by atoms with Crippen LogP contribution < -0.4 is 0 Å². The molecule has 5 saturated heterocycles. The lowest BCUT2D eigenvalue weighted by Crippen LogP contribution is -2.49. The van der Waals surface area contributed by atoms with E-state index in [1.807, 2.05) is 166 Å². The molecule has 19 heteroatoms. The van der Waals surface area contributed by atoms with E-state index in [0.29, 0.717) is 80.9 Å². The summed E-state index contributed by atoms with van der Waals surface area (Å²) in [6.45, 7) is 62.7. The van der Waals surface area contributed by atoms with Gasteiger partial charge in [-0.1, -0.05) is 104 Å². The number of hydrogen-bond acceptors (Lipinski definition) is 19. The van der Waals surface area contributed by atoms with Crippen molar-refractivity contribution in [2.75, 3.05) is 39.6 Å². The van der Waals surface area contributed by atoms with Crippen molar-refractivity contribution in [3.05, 3.63) is 0 Å². The molecule has 0 amide bonds. The van der Waals surface area contributed by atoms with Gasteiger partial charge in [-0.15, -0.1) is 0 Å². The summed E-state index contributed by atoms with van der Waals surface area (Å²) < 4.78 is 50.3. The molecule has 10 unspecified atom stereocenters. The zero-order valence-corrected chi connectivity index (χ0v) is 65.7. The fourth-order valence-corrected chi connectivity index (χ4v) is 11.8. The molecule has 5 heterocycles. The van der Waals surface area contributed by atoms with Crippen LogP contribution in [-0.4, -0.2) is 116 Å². The van der Waals surface area contributed by atoms with Gasteiger partial charge in [-0.2, -0.15) is 0 Å². The van der Waals surface area contributed by atoms with Crippen molar-refractivity contribution in [3.8, 4) is 0 Å². The molecule has 0 radical (unpaired) electrons. The van der Waals surface area contributed by atoms with E-state index in [1.54, 1.807) is 20.8 Å². The van der Waals surface area contributed by atoms with Gasteiger partial charge in [0.15, 0.2) is 11.2 Å². The molecule has 9 rings (SSSR count). The summed E-state index contributed by atoms with van der Waals surface area (Å²) >= 11 is 0. The van der Waals surface area contributed by atoms with Crippen LogP contribution in [0.25, 0.3) is 0 Å². The van der Waals surface area contributed by atoms with E-state index in [-0.39, 0.29) is 94.5 Å². The van der Waals surface area contributed by atoms with E-state index < -0.39 is 22.8 Å². The Morgan fingerprint density at radius 2 is 0.948 bits per heavy atom. The minimum atomic E-state index is -0.955. The van der Waals surface area contributed by atoms with Crippen LogP contribution in [0.2, 0.25) is 0 Å². The zero-order valence-electron chi connectivity index (χ0n) is 65.7. The highest BCUT2D eigenvalue weighted by molar-refractivity contribution is 5.81. The molecular formula is C77H142O19. The van der Waals surface area contributed by atoms with Crippen molar-refractivity contribution in [1.82, 2.24) is 0 Å². The number of carbonyl (C=O) groups excluding carboxylic acids is 9. The third kappa shape index (κ3) is 25.3. The van der Waals surface area contributed by atoms with Gasteiger partial charge in [0.25, 0.3) is 0 Å². The molecule has 10 atom stereocenters. The topological polar surface area (TPSA) is 246 Å². The van der Waals surface area contributed by atoms with Crippen molar-refractivity contribution in [3.63, 3.8) is 0 Å². The Bertz CT molecular complexity index is 2320. The number of ether oxygens (including phenoxy) is 10. The molecule has 5 aliphatic heterocycles. The van der Waals surface area contributed by atoms with Crippen molar-refractivity contribution < 1.29 is 90.5 Å². The zero-order chi connectivity index (χ0) is 74.7. The lowest BCUT2D eigenvalue weighted by Gasteiger charge is -2.42. The number of fused-ring (bicyclic) bond motifs is 6. The van der Waals surface area contributed by atoms with Crippen LogP contribution in [0.1, 0.15) is 299 Å². The van der Waals surface area contributed by atoms with Gasteiger partial charge in [-0.05, 0) is 212 Å². The van der Waals surface area contributed by atoms with Gasteiger partial charge in [0, 0.05) is 23.7 Å². The van der Waals surface area contributed by atoms with Crippen molar-refractivity contribution in [2.24, 2.45) is 79.8 Å². The summed E-state index contributed by atoms with van der Waals surface area (Å²) in [7, 11) is 0. The van der Waals surface area contributed by atoms with Crippen LogP contribution in [-0.2, 0) is 85.7 Å². The molecule has 96 heavy (non-hydrogen) atoms. The van der Waals surface area contributed by atoms with Gasteiger partial charge in [0.2, 0.25) is 0 Å². The molecule has 19 nitrogen and oxygen atoms in total. The molecule has 4 bridgehead atoms. The molecule has 0 spiro atoms. The summed E-state index contributed by atoms with van der Waals surface area (Å²) in [5.74, 6) is 4.00. The fourth-order valence-electron chi connectivity index (χ4n) is 11.8. The predicted molar refractivity (Wildman–Crippen MR) is 378 cm³/mol. The average Bonchev–Trinajstić information content (AvgIpc) is 1.56. The normalized spacial score (nSPS) is 26.9. The Labute approximate surface area is 583 Å². The largest absolute Gasteiger partial charge is 0.509 e. The van der Waals surface area contributed by atoms with Crippen LogP contribution in [0.4, 0.5) is 4.79 Å². The molecule has 4 aliphatic carbocycles. The SMILES string of the molecule is C.CC.CC.CC.CC(C)C1(C)C(=O)OC(C)(C)C1(C)C.CCC(C)(C)C(=O)OCC1(C)OC(=O)OC1(C)C.CCOC(=O)C(C)(C)CC.CCOC(=O)C(C)(C)CC.CCOC(=O)C(C)(C)CC.O=C1CCCO1.O=C1OC2CC3CC1C2C3.O=C1OCC2C3CCC(C3)C12. The molecule has 4 saturated carbocycles. The Morgan fingerprint density at radius 3 is 1.23 bits per heavy atom. The van der Waals surface area contributed by atoms with Crippen molar-refractivity contribution in [2.45, 2.75) is 322 Å². The molecule has 0 aromatic rings. The van der Waals surface area contributed by atoms with Crippen LogP contribution in [0.15, 0.2) is 0 Å². The second-order valence-corrected chi connectivity index (χ2v) is 30.1. The number of cyclic esters (lactones) is 5. The van der Waals surface area contributed by atoms with Crippen LogP contribution in [0.5, 0.6) is 0 Å². The highest BCUT2D eigenvalue weighted by atomic mass is 16.8. The van der Waals surface area contributed by atoms with E-state index in [0.717, 1.165) is 57.0 Å². The molecular weight excluding hydrogens is 1230 g/mol. The maximum absolute atomic E-state index is 11.9. The van der Waals surface area contributed by atoms with Gasteiger partial charge in [0.05, 0.1) is 71.9 Å². The van der Waals surface area contributed by atoms with Crippen molar-refractivity contribution in [1.29, 1.82) is 0 Å². The van der Waals surface area contributed by atoms with E-state index in [4.69, 9.17) is 42.6 Å². The first-order valence-corrected chi connectivity index (χ1v) is 36.2. The maximum atomic E-state index is 11.9. The first kappa shape index (κ1) is 95.2. The van der Waals surface area contributed by atoms with E-state index in [2.05, 4.69) is 32.4 Å². The number of rotatable bonds is 14. The molecule has 0 aromatic carbocycles. The van der Waals surface area contributed by atoms with E-state index in [1.165, 1.54) is 25.7 Å². The first-order chi connectivity index (χ1) is 43.8. The highest BCUT2D eigenvalue weighted by Crippen LogP contribution is 2.59. The Balaban J connectivity index is -0.00000103. The van der Waals surface area contributed by atoms with Crippen LogP contribution >= 0.6 is 0 Å². The lowest BCUT2D eigenvalue weighted by atomic mass is 9.57. The van der Waals surface area contributed by atoms with Crippen molar-refractivity contribution >= 4 is 53.9 Å². The van der Waals surface area contributed by atoms with Gasteiger partial charge in [-0.3, -0.25) is 38.4 Å². The van der Waals surface area contributed by atoms with E-state index in [9.17, 15) is 43.2 Å². The smallest absolute Gasteiger partial charge is 0.466 e.